The van der Waals surface area contributed by atoms with Gasteiger partial charge in [0.25, 0.3) is 0 Å². The van der Waals surface area contributed by atoms with Crippen molar-refractivity contribution >= 4 is 0 Å². The van der Waals surface area contributed by atoms with Crippen LogP contribution in [0.15, 0.2) is 0 Å². The molecule has 0 aromatic carbocycles. The van der Waals surface area contributed by atoms with Crippen molar-refractivity contribution in [3.05, 3.63) is 0 Å². The highest BCUT2D eigenvalue weighted by Gasteiger charge is 2.38. The van der Waals surface area contributed by atoms with Gasteiger partial charge in [0.05, 0.1) is 0 Å². The molecular formula is C15H30N2. The Morgan fingerprint density at radius 1 is 1.24 bits per heavy atom. The van der Waals surface area contributed by atoms with Crippen LogP contribution in [0.1, 0.15) is 65.2 Å². The zero-order chi connectivity index (χ0) is 12.1. The van der Waals surface area contributed by atoms with Gasteiger partial charge in [-0.2, -0.15) is 0 Å². The van der Waals surface area contributed by atoms with Crippen molar-refractivity contribution in [2.75, 3.05) is 19.6 Å². The fourth-order valence-corrected chi connectivity index (χ4v) is 3.36. The van der Waals surface area contributed by atoms with Crippen LogP contribution in [-0.4, -0.2) is 36.1 Å². The van der Waals surface area contributed by atoms with E-state index >= 15 is 0 Å². The van der Waals surface area contributed by atoms with Crippen LogP contribution in [0.5, 0.6) is 0 Å². The van der Waals surface area contributed by atoms with Crippen LogP contribution in [0.25, 0.3) is 0 Å². The maximum atomic E-state index is 3.82. The quantitative estimate of drug-likeness (QED) is 0.699. The number of nitrogens with one attached hydrogen (secondary N) is 1. The van der Waals surface area contributed by atoms with E-state index in [4.69, 9.17) is 0 Å². The average Bonchev–Trinajstić information content (AvgIpc) is 3.07. The Kier molecular flexibility index (Phi) is 4.87. The molecule has 2 heteroatoms. The molecule has 0 bridgehead atoms. The van der Waals surface area contributed by atoms with Gasteiger partial charge in [-0.1, -0.05) is 26.7 Å². The number of unbranched alkanes of at least 4 members (excludes halogenated alkanes) is 1. The SMILES string of the molecule is CCCCN(CC1(CCC)CCCN1)C1CC1. The summed E-state index contributed by atoms with van der Waals surface area (Å²) in [7, 11) is 0. The molecule has 0 spiro atoms. The molecule has 0 aromatic rings. The standard InChI is InChI=1S/C15H30N2/c1-3-5-12-17(14-7-8-14)13-15(9-4-2)10-6-11-16-15/h14,16H,3-13H2,1-2H3. The molecule has 1 heterocycles. The summed E-state index contributed by atoms with van der Waals surface area (Å²) in [4.78, 5) is 2.79. The van der Waals surface area contributed by atoms with Gasteiger partial charge < -0.3 is 5.32 Å². The van der Waals surface area contributed by atoms with Crippen LogP contribution in [0.2, 0.25) is 0 Å². The molecule has 1 saturated heterocycles. The van der Waals surface area contributed by atoms with Crippen LogP contribution in [0, 0.1) is 0 Å². The molecule has 1 unspecified atom stereocenters. The van der Waals surface area contributed by atoms with Gasteiger partial charge in [-0.25, -0.2) is 0 Å². The normalized spacial score (nSPS) is 29.1. The highest BCUT2D eigenvalue weighted by molar-refractivity contribution is 4.98. The molecule has 0 aromatic heterocycles. The second-order valence-corrected chi connectivity index (χ2v) is 6.12. The van der Waals surface area contributed by atoms with Gasteiger partial charge in [0.1, 0.15) is 0 Å². The molecule has 2 fully saturated rings. The number of nitrogens with zero attached hydrogens (tertiary/aromatic N) is 1. The summed E-state index contributed by atoms with van der Waals surface area (Å²) < 4.78 is 0. The van der Waals surface area contributed by atoms with E-state index in [1.165, 1.54) is 71.0 Å². The van der Waals surface area contributed by atoms with Crippen molar-refractivity contribution in [2.24, 2.45) is 0 Å². The van der Waals surface area contributed by atoms with E-state index in [0.717, 1.165) is 6.04 Å². The molecule has 1 N–H and O–H groups in total. The Morgan fingerprint density at radius 3 is 2.59 bits per heavy atom. The third kappa shape index (κ3) is 3.69. The average molecular weight is 238 g/mol. The Morgan fingerprint density at radius 2 is 2.06 bits per heavy atom. The van der Waals surface area contributed by atoms with Gasteiger partial charge in [-0.15, -0.1) is 0 Å². The van der Waals surface area contributed by atoms with Crippen molar-refractivity contribution in [3.63, 3.8) is 0 Å². The molecule has 2 aliphatic rings. The van der Waals surface area contributed by atoms with Gasteiger partial charge in [0.15, 0.2) is 0 Å². The maximum absolute atomic E-state index is 3.82. The number of rotatable bonds is 8. The number of hydrogen-bond donors (Lipinski definition) is 1. The van der Waals surface area contributed by atoms with Gasteiger partial charge in [-0.3, -0.25) is 4.90 Å². The predicted molar refractivity (Wildman–Crippen MR) is 74.4 cm³/mol. The third-order valence-electron chi connectivity index (χ3n) is 4.43. The van der Waals surface area contributed by atoms with E-state index in [1.807, 2.05) is 0 Å². The van der Waals surface area contributed by atoms with E-state index in [1.54, 1.807) is 0 Å². The molecule has 2 nitrogen and oxygen atoms in total. The third-order valence-corrected chi connectivity index (χ3v) is 4.43. The summed E-state index contributed by atoms with van der Waals surface area (Å²) in [6, 6.07) is 0.928. The first-order valence-corrected chi connectivity index (χ1v) is 7.79. The first-order chi connectivity index (χ1) is 8.29. The molecule has 1 saturated carbocycles. The summed E-state index contributed by atoms with van der Waals surface area (Å²) in [5, 5.41) is 3.82. The minimum atomic E-state index is 0.463. The van der Waals surface area contributed by atoms with Gasteiger partial charge in [0, 0.05) is 18.1 Å². The minimum Gasteiger partial charge on any atom is -0.310 e. The highest BCUT2D eigenvalue weighted by Crippen LogP contribution is 2.32. The van der Waals surface area contributed by atoms with E-state index in [9.17, 15) is 0 Å². The van der Waals surface area contributed by atoms with Crippen LogP contribution >= 0.6 is 0 Å². The molecular weight excluding hydrogens is 208 g/mol. The second kappa shape index (κ2) is 6.19. The van der Waals surface area contributed by atoms with E-state index in [2.05, 4.69) is 24.1 Å². The molecule has 1 atom stereocenters. The monoisotopic (exact) mass is 238 g/mol. The maximum Gasteiger partial charge on any atom is 0.0309 e. The lowest BCUT2D eigenvalue weighted by molar-refractivity contribution is 0.173. The van der Waals surface area contributed by atoms with Gasteiger partial charge >= 0.3 is 0 Å². The Hall–Kier alpha value is -0.0800. The van der Waals surface area contributed by atoms with E-state index in [0.29, 0.717) is 5.54 Å². The summed E-state index contributed by atoms with van der Waals surface area (Å²) in [5.41, 5.74) is 0.463. The highest BCUT2D eigenvalue weighted by atomic mass is 15.2. The molecule has 1 aliphatic heterocycles. The second-order valence-electron chi connectivity index (χ2n) is 6.12. The summed E-state index contributed by atoms with van der Waals surface area (Å²) in [6.07, 6.45) is 11.1. The molecule has 0 radical (unpaired) electrons. The first-order valence-electron chi connectivity index (χ1n) is 7.79. The lowest BCUT2D eigenvalue weighted by atomic mass is 9.91. The minimum absolute atomic E-state index is 0.463. The molecule has 17 heavy (non-hydrogen) atoms. The van der Waals surface area contributed by atoms with Crippen LogP contribution in [0.4, 0.5) is 0 Å². The van der Waals surface area contributed by atoms with Crippen molar-refractivity contribution in [3.8, 4) is 0 Å². The Balaban J connectivity index is 1.89. The van der Waals surface area contributed by atoms with Crippen molar-refractivity contribution in [2.45, 2.75) is 76.8 Å². The first kappa shape index (κ1) is 13.4. The van der Waals surface area contributed by atoms with E-state index < -0.39 is 0 Å². The molecule has 0 amide bonds. The predicted octanol–water partition coefficient (Wildman–Crippen LogP) is 3.17. The van der Waals surface area contributed by atoms with Crippen molar-refractivity contribution < 1.29 is 0 Å². The zero-order valence-electron chi connectivity index (χ0n) is 11.8. The van der Waals surface area contributed by atoms with Crippen molar-refractivity contribution in [1.29, 1.82) is 0 Å². The topological polar surface area (TPSA) is 15.3 Å². The van der Waals surface area contributed by atoms with Gasteiger partial charge in [0.2, 0.25) is 0 Å². The zero-order valence-corrected chi connectivity index (χ0v) is 11.8. The molecule has 1 aliphatic carbocycles. The Labute approximate surface area is 107 Å². The van der Waals surface area contributed by atoms with Crippen molar-refractivity contribution in [1.82, 2.24) is 10.2 Å². The number of hydrogen-bond acceptors (Lipinski definition) is 2. The fraction of sp³-hybridized carbons (Fsp3) is 1.00. The fourth-order valence-electron chi connectivity index (χ4n) is 3.36. The lowest BCUT2D eigenvalue weighted by Crippen LogP contribution is -2.50. The summed E-state index contributed by atoms with van der Waals surface area (Å²) in [6.45, 7) is 8.52. The van der Waals surface area contributed by atoms with Crippen LogP contribution in [-0.2, 0) is 0 Å². The van der Waals surface area contributed by atoms with Crippen LogP contribution < -0.4 is 5.32 Å². The molecule has 2 rings (SSSR count). The van der Waals surface area contributed by atoms with Crippen LogP contribution in [0.3, 0.4) is 0 Å². The summed E-state index contributed by atoms with van der Waals surface area (Å²) >= 11 is 0. The smallest absolute Gasteiger partial charge is 0.0309 e. The molecule has 100 valence electrons. The summed E-state index contributed by atoms with van der Waals surface area (Å²) in [5.74, 6) is 0. The Bertz CT molecular complexity index is 217. The van der Waals surface area contributed by atoms with E-state index in [-0.39, 0.29) is 0 Å². The lowest BCUT2D eigenvalue weighted by Gasteiger charge is -2.36. The van der Waals surface area contributed by atoms with Gasteiger partial charge in [-0.05, 0) is 51.6 Å². The largest absolute Gasteiger partial charge is 0.310 e.